The minimum absolute atomic E-state index is 0.0229. The fraction of sp³-hybridized carbons (Fsp3) is 0.588. The highest BCUT2D eigenvalue weighted by atomic mass is 16.4. The van der Waals surface area contributed by atoms with E-state index < -0.39 is 5.97 Å². The molecule has 0 fully saturated rings. The van der Waals surface area contributed by atoms with Crippen LogP contribution in [-0.4, -0.2) is 34.1 Å². The molecule has 1 rings (SSSR count). The second kappa shape index (κ2) is 7.44. The normalized spacial score (nSPS) is 13.4. The van der Waals surface area contributed by atoms with Crippen LogP contribution in [0.25, 0.3) is 0 Å². The Balaban J connectivity index is 2.82. The minimum atomic E-state index is -0.728. The Labute approximate surface area is 122 Å². The molecular weight excluding hydrogens is 250 g/mol. The Bertz CT molecular complexity index is 409. The highest BCUT2D eigenvalue weighted by Crippen LogP contribution is 2.22. The van der Waals surface area contributed by atoms with Crippen LogP contribution in [0.5, 0.6) is 0 Å². The Morgan fingerprint density at radius 2 is 1.85 bits per heavy atom. The van der Waals surface area contributed by atoms with Crippen molar-refractivity contribution >= 4 is 5.97 Å². The summed E-state index contributed by atoms with van der Waals surface area (Å²) in [7, 11) is 0. The van der Waals surface area contributed by atoms with E-state index in [1.165, 1.54) is 5.56 Å². The van der Waals surface area contributed by atoms with Crippen LogP contribution in [0.2, 0.25) is 0 Å². The van der Waals surface area contributed by atoms with Crippen molar-refractivity contribution in [1.82, 2.24) is 4.90 Å². The molecule has 0 radical (unpaired) electrons. The summed E-state index contributed by atoms with van der Waals surface area (Å²) in [5, 5.41) is 8.95. The molecule has 1 aromatic carbocycles. The number of nitrogens with zero attached hydrogens (tertiary/aromatic N) is 1. The first-order valence-corrected chi connectivity index (χ1v) is 7.37. The van der Waals surface area contributed by atoms with Gasteiger partial charge in [0.2, 0.25) is 0 Å². The van der Waals surface area contributed by atoms with Crippen molar-refractivity contribution in [2.45, 2.75) is 58.5 Å². The van der Waals surface area contributed by atoms with Gasteiger partial charge in [-0.1, -0.05) is 37.3 Å². The second-order valence-corrected chi connectivity index (χ2v) is 6.26. The maximum absolute atomic E-state index is 10.9. The molecule has 1 N–H and O–H groups in total. The quantitative estimate of drug-likeness (QED) is 0.828. The van der Waals surface area contributed by atoms with Crippen molar-refractivity contribution in [1.29, 1.82) is 0 Å². The summed E-state index contributed by atoms with van der Waals surface area (Å²) in [6, 6.07) is 10.8. The molecule has 0 saturated heterocycles. The van der Waals surface area contributed by atoms with Gasteiger partial charge in [0.25, 0.3) is 0 Å². The molecule has 112 valence electrons. The molecule has 1 atom stereocenters. The number of carboxylic acids is 1. The van der Waals surface area contributed by atoms with Gasteiger partial charge in [0, 0.05) is 18.1 Å². The SMILES string of the molecule is CCC(Cc1ccccc1)N(CCC(=O)O)C(C)(C)C. The number of hydrogen-bond acceptors (Lipinski definition) is 2. The van der Waals surface area contributed by atoms with Crippen LogP contribution in [0.15, 0.2) is 30.3 Å². The van der Waals surface area contributed by atoms with Crippen molar-refractivity contribution in [2.24, 2.45) is 0 Å². The zero-order valence-electron chi connectivity index (χ0n) is 13.1. The number of carboxylic acid groups (broad SMARTS) is 1. The summed E-state index contributed by atoms with van der Waals surface area (Å²) in [5.74, 6) is -0.728. The topological polar surface area (TPSA) is 40.5 Å². The van der Waals surface area contributed by atoms with Gasteiger partial charge in [-0.15, -0.1) is 0 Å². The van der Waals surface area contributed by atoms with Crippen molar-refractivity contribution in [3.05, 3.63) is 35.9 Å². The molecule has 0 saturated carbocycles. The number of rotatable bonds is 7. The minimum Gasteiger partial charge on any atom is -0.481 e. The van der Waals surface area contributed by atoms with Gasteiger partial charge in [-0.25, -0.2) is 0 Å². The zero-order valence-corrected chi connectivity index (χ0v) is 13.1. The molecule has 1 aromatic rings. The average Bonchev–Trinajstić information content (AvgIpc) is 2.37. The molecular formula is C17H27NO2. The fourth-order valence-corrected chi connectivity index (χ4v) is 2.64. The van der Waals surface area contributed by atoms with E-state index in [2.05, 4.69) is 56.9 Å². The van der Waals surface area contributed by atoms with E-state index >= 15 is 0 Å². The highest BCUT2D eigenvalue weighted by molar-refractivity contribution is 5.66. The van der Waals surface area contributed by atoms with Gasteiger partial charge in [0.1, 0.15) is 0 Å². The van der Waals surface area contributed by atoms with Crippen molar-refractivity contribution in [3.63, 3.8) is 0 Å². The van der Waals surface area contributed by atoms with E-state index in [1.54, 1.807) is 0 Å². The molecule has 0 aliphatic rings. The van der Waals surface area contributed by atoms with Gasteiger partial charge in [-0.05, 0) is 39.2 Å². The highest BCUT2D eigenvalue weighted by Gasteiger charge is 2.28. The summed E-state index contributed by atoms with van der Waals surface area (Å²) >= 11 is 0. The summed E-state index contributed by atoms with van der Waals surface area (Å²) < 4.78 is 0. The van der Waals surface area contributed by atoms with Crippen LogP contribution in [0.3, 0.4) is 0 Å². The van der Waals surface area contributed by atoms with Crippen LogP contribution >= 0.6 is 0 Å². The van der Waals surface area contributed by atoms with Gasteiger partial charge in [0.15, 0.2) is 0 Å². The van der Waals surface area contributed by atoms with E-state index in [-0.39, 0.29) is 12.0 Å². The van der Waals surface area contributed by atoms with Crippen LogP contribution < -0.4 is 0 Å². The molecule has 0 amide bonds. The lowest BCUT2D eigenvalue weighted by Crippen LogP contribution is -2.49. The van der Waals surface area contributed by atoms with Crippen LogP contribution in [-0.2, 0) is 11.2 Å². The standard InChI is InChI=1S/C17H27NO2/c1-5-15(13-14-9-7-6-8-10-14)18(17(2,3)4)12-11-16(19)20/h6-10,15H,5,11-13H2,1-4H3,(H,19,20). The third-order valence-electron chi connectivity index (χ3n) is 3.65. The molecule has 0 spiro atoms. The van der Waals surface area contributed by atoms with Crippen molar-refractivity contribution < 1.29 is 9.90 Å². The number of aliphatic carboxylic acids is 1. The fourth-order valence-electron chi connectivity index (χ4n) is 2.64. The predicted octanol–water partition coefficient (Wildman–Crippen LogP) is 3.58. The number of carbonyl (C=O) groups is 1. The van der Waals surface area contributed by atoms with Gasteiger partial charge in [0.05, 0.1) is 6.42 Å². The van der Waals surface area contributed by atoms with E-state index in [1.807, 2.05) is 6.07 Å². The van der Waals surface area contributed by atoms with Crippen LogP contribution in [0.1, 0.15) is 46.1 Å². The third kappa shape index (κ3) is 5.33. The summed E-state index contributed by atoms with van der Waals surface area (Å²) in [6.45, 7) is 9.24. The van der Waals surface area contributed by atoms with Crippen molar-refractivity contribution in [2.75, 3.05) is 6.54 Å². The first kappa shape index (κ1) is 16.7. The molecule has 3 nitrogen and oxygen atoms in total. The Morgan fingerprint density at radius 1 is 1.25 bits per heavy atom. The van der Waals surface area contributed by atoms with Crippen LogP contribution in [0.4, 0.5) is 0 Å². The van der Waals surface area contributed by atoms with Crippen LogP contribution in [0, 0.1) is 0 Å². The van der Waals surface area contributed by atoms with E-state index in [9.17, 15) is 4.79 Å². The average molecular weight is 277 g/mol. The molecule has 0 aliphatic carbocycles. The summed E-state index contributed by atoms with van der Waals surface area (Å²) in [6.07, 6.45) is 2.18. The maximum Gasteiger partial charge on any atom is 0.304 e. The lowest BCUT2D eigenvalue weighted by Gasteiger charge is -2.41. The zero-order chi connectivity index (χ0) is 15.2. The van der Waals surface area contributed by atoms with Gasteiger partial charge < -0.3 is 5.11 Å². The third-order valence-corrected chi connectivity index (χ3v) is 3.65. The van der Waals surface area contributed by atoms with Gasteiger partial charge >= 0.3 is 5.97 Å². The van der Waals surface area contributed by atoms with Crippen molar-refractivity contribution in [3.8, 4) is 0 Å². The molecule has 0 heterocycles. The summed E-state index contributed by atoms with van der Waals surface area (Å²) in [4.78, 5) is 13.2. The lowest BCUT2D eigenvalue weighted by atomic mass is 9.96. The predicted molar refractivity (Wildman–Crippen MR) is 82.9 cm³/mol. The molecule has 0 aromatic heterocycles. The number of hydrogen-bond donors (Lipinski definition) is 1. The Kier molecular flexibility index (Phi) is 6.21. The molecule has 3 heteroatoms. The second-order valence-electron chi connectivity index (χ2n) is 6.26. The summed E-state index contributed by atoms with van der Waals surface area (Å²) in [5.41, 5.74) is 1.29. The number of benzene rings is 1. The molecule has 20 heavy (non-hydrogen) atoms. The first-order valence-electron chi connectivity index (χ1n) is 7.37. The molecule has 0 bridgehead atoms. The van der Waals surface area contributed by atoms with E-state index in [0.717, 1.165) is 12.8 Å². The Hall–Kier alpha value is -1.35. The van der Waals surface area contributed by atoms with E-state index in [0.29, 0.717) is 12.6 Å². The molecule has 1 unspecified atom stereocenters. The first-order chi connectivity index (χ1) is 9.34. The smallest absolute Gasteiger partial charge is 0.304 e. The lowest BCUT2D eigenvalue weighted by molar-refractivity contribution is -0.137. The largest absolute Gasteiger partial charge is 0.481 e. The molecule has 0 aliphatic heterocycles. The van der Waals surface area contributed by atoms with Gasteiger partial charge in [-0.3, -0.25) is 9.69 Å². The monoisotopic (exact) mass is 277 g/mol. The van der Waals surface area contributed by atoms with E-state index in [4.69, 9.17) is 5.11 Å². The van der Waals surface area contributed by atoms with Gasteiger partial charge in [-0.2, -0.15) is 0 Å². The Morgan fingerprint density at radius 3 is 2.30 bits per heavy atom. The maximum atomic E-state index is 10.9.